The summed E-state index contributed by atoms with van der Waals surface area (Å²) in [6, 6.07) is 6.35. The van der Waals surface area contributed by atoms with Crippen LogP contribution in [0.15, 0.2) is 18.2 Å². The smallest absolute Gasteiger partial charge is 0.320 e. The number of fused-ring (bicyclic) bond motifs is 2. The maximum absolute atomic E-state index is 13.3. The predicted octanol–water partition coefficient (Wildman–Crippen LogP) is 1.45. The van der Waals surface area contributed by atoms with E-state index >= 15 is 0 Å². The molecule has 3 saturated heterocycles. The predicted molar refractivity (Wildman–Crippen MR) is 113 cm³/mol. The monoisotopic (exact) mass is 435 g/mol. The fourth-order valence-electron chi connectivity index (χ4n) is 5.91. The third-order valence-electron chi connectivity index (χ3n) is 7.38. The molecule has 3 heterocycles. The molecule has 30 heavy (non-hydrogen) atoms. The third-order valence-corrected chi connectivity index (χ3v) is 8.99. The SMILES string of the molecule is COc1cc(OC)cc(N2CC3CN(C(=O)N4CCS(=O)(=O)CC4)C4C2C4(C)C3)c1. The molecule has 1 aromatic rings. The van der Waals surface area contributed by atoms with Crippen molar-refractivity contribution < 1.29 is 22.7 Å². The molecule has 5 rings (SSSR count). The van der Waals surface area contributed by atoms with Crippen LogP contribution >= 0.6 is 0 Å². The Kier molecular flexibility index (Phi) is 4.40. The van der Waals surface area contributed by atoms with Gasteiger partial charge < -0.3 is 24.2 Å². The van der Waals surface area contributed by atoms with Crippen molar-refractivity contribution in [3.8, 4) is 11.5 Å². The van der Waals surface area contributed by atoms with E-state index in [1.165, 1.54) is 0 Å². The summed E-state index contributed by atoms with van der Waals surface area (Å²) in [5, 5.41) is 0. The van der Waals surface area contributed by atoms with E-state index in [4.69, 9.17) is 9.47 Å². The highest BCUT2D eigenvalue weighted by atomic mass is 32.2. The van der Waals surface area contributed by atoms with Crippen molar-refractivity contribution in [2.75, 3.05) is 56.8 Å². The first kappa shape index (κ1) is 19.8. The second kappa shape index (κ2) is 6.67. The zero-order valence-corrected chi connectivity index (χ0v) is 18.5. The lowest BCUT2D eigenvalue weighted by Gasteiger charge is -2.41. The number of rotatable bonds is 3. The molecule has 1 saturated carbocycles. The molecule has 4 fully saturated rings. The number of hydrogen-bond donors (Lipinski definition) is 0. The average Bonchev–Trinajstić information content (AvgIpc) is 3.41. The second-order valence-corrected chi connectivity index (χ2v) is 11.6. The molecule has 4 aliphatic rings. The van der Waals surface area contributed by atoms with Crippen molar-refractivity contribution in [2.45, 2.75) is 25.4 Å². The third kappa shape index (κ3) is 3.01. The molecule has 1 aromatic carbocycles. The molecule has 4 unspecified atom stereocenters. The van der Waals surface area contributed by atoms with Gasteiger partial charge in [0.2, 0.25) is 0 Å². The molecular weight excluding hydrogens is 406 g/mol. The summed E-state index contributed by atoms with van der Waals surface area (Å²) < 4.78 is 34.4. The van der Waals surface area contributed by atoms with E-state index in [1.54, 1.807) is 19.1 Å². The minimum atomic E-state index is -3.01. The first-order valence-electron chi connectivity index (χ1n) is 10.5. The van der Waals surface area contributed by atoms with Crippen LogP contribution in [0.1, 0.15) is 13.3 Å². The highest BCUT2D eigenvalue weighted by molar-refractivity contribution is 7.91. The standard InChI is InChI=1S/C21H29N3O5S/c1-21-11-14-12-23(15-8-16(28-2)10-17(9-15)29-3)18(21)19(21)24(13-14)20(25)22-4-6-30(26,27)7-5-22/h8-10,14,18-19H,4-7,11-13H2,1-3H3. The Bertz CT molecular complexity index is 947. The summed E-state index contributed by atoms with van der Waals surface area (Å²) in [7, 11) is 0.297. The summed E-state index contributed by atoms with van der Waals surface area (Å²) in [5.41, 5.74) is 1.13. The van der Waals surface area contributed by atoms with Gasteiger partial charge in [0.15, 0.2) is 9.84 Å². The number of anilines is 1. The van der Waals surface area contributed by atoms with Crippen molar-refractivity contribution in [1.82, 2.24) is 9.80 Å². The lowest BCUT2D eigenvalue weighted by molar-refractivity contribution is 0.112. The topological polar surface area (TPSA) is 79.4 Å². The second-order valence-electron chi connectivity index (χ2n) is 9.26. The molecule has 0 N–H and O–H groups in total. The van der Waals surface area contributed by atoms with Crippen LogP contribution < -0.4 is 14.4 Å². The van der Waals surface area contributed by atoms with E-state index in [0.29, 0.717) is 19.0 Å². The Morgan fingerprint density at radius 1 is 1.03 bits per heavy atom. The van der Waals surface area contributed by atoms with Crippen LogP contribution in [0.5, 0.6) is 11.5 Å². The van der Waals surface area contributed by atoms with Crippen LogP contribution in [0.3, 0.4) is 0 Å². The number of carbonyl (C=O) groups is 1. The minimum Gasteiger partial charge on any atom is -0.497 e. The fraction of sp³-hybridized carbons (Fsp3) is 0.667. The van der Waals surface area contributed by atoms with Gasteiger partial charge >= 0.3 is 6.03 Å². The number of methoxy groups -OCH3 is 2. The van der Waals surface area contributed by atoms with Crippen LogP contribution in [0.2, 0.25) is 0 Å². The molecule has 0 aromatic heterocycles. The molecule has 0 radical (unpaired) electrons. The van der Waals surface area contributed by atoms with E-state index in [-0.39, 0.29) is 35.0 Å². The summed E-state index contributed by atoms with van der Waals surface area (Å²) in [4.78, 5) is 19.5. The minimum absolute atomic E-state index is 0.00148. The Morgan fingerprint density at radius 2 is 1.67 bits per heavy atom. The van der Waals surface area contributed by atoms with Gasteiger partial charge in [0.05, 0.1) is 37.8 Å². The summed E-state index contributed by atoms with van der Waals surface area (Å²) in [6.07, 6.45) is 1.12. The number of piperidine rings is 2. The van der Waals surface area contributed by atoms with Crippen LogP contribution in [0.25, 0.3) is 0 Å². The molecule has 9 heteroatoms. The highest BCUT2D eigenvalue weighted by Gasteiger charge is 2.72. The number of likely N-dealkylation sites (tertiary alicyclic amines) is 1. The quantitative estimate of drug-likeness (QED) is 0.715. The number of nitrogens with zero attached hydrogens (tertiary/aromatic N) is 3. The van der Waals surface area contributed by atoms with Crippen molar-refractivity contribution in [3.63, 3.8) is 0 Å². The van der Waals surface area contributed by atoms with E-state index in [9.17, 15) is 13.2 Å². The number of carbonyl (C=O) groups excluding carboxylic acids is 1. The van der Waals surface area contributed by atoms with E-state index in [1.807, 2.05) is 23.1 Å². The average molecular weight is 436 g/mol. The number of amides is 2. The molecule has 8 nitrogen and oxygen atoms in total. The van der Waals surface area contributed by atoms with Crippen LogP contribution in [-0.4, -0.2) is 88.2 Å². The number of hydrogen-bond acceptors (Lipinski definition) is 6. The van der Waals surface area contributed by atoms with Gasteiger partial charge in [0, 0.05) is 55.5 Å². The lowest BCUT2D eigenvalue weighted by atomic mass is 9.85. The van der Waals surface area contributed by atoms with Gasteiger partial charge in [0.25, 0.3) is 0 Å². The van der Waals surface area contributed by atoms with Crippen LogP contribution in [-0.2, 0) is 9.84 Å². The molecule has 3 aliphatic heterocycles. The maximum atomic E-state index is 13.3. The number of urea groups is 1. The first-order valence-corrected chi connectivity index (χ1v) is 12.3. The number of benzene rings is 1. The van der Waals surface area contributed by atoms with Crippen molar-refractivity contribution in [2.24, 2.45) is 11.3 Å². The zero-order chi connectivity index (χ0) is 21.3. The van der Waals surface area contributed by atoms with E-state index in [0.717, 1.165) is 36.7 Å². The highest BCUT2D eigenvalue weighted by Crippen LogP contribution is 2.63. The molecular formula is C21H29N3O5S. The number of sulfone groups is 1. The van der Waals surface area contributed by atoms with Gasteiger partial charge in [-0.1, -0.05) is 6.92 Å². The molecule has 2 amide bonds. The van der Waals surface area contributed by atoms with Crippen molar-refractivity contribution in [1.29, 1.82) is 0 Å². The molecule has 0 spiro atoms. The Morgan fingerprint density at radius 3 is 2.27 bits per heavy atom. The number of ether oxygens (including phenoxy) is 2. The lowest BCUT2D eigenvalue weighted by Crippen LogP contribution is -2.53. The Labute approximate surface area is 177 Å². The van der Waals surface area contributed by atoms with Crippen LogP contribution in [0, 0.1) is 11.3 Å². The normalized spacial score (nSPS) is 33.8. The van der Waals surface area contributed by atoms with Gasteiger partial charge in [-0.15, -0.1) is 0 Å². The van der Waals surface area contributed by atoms with Crippen molar-refractivity contribution in [3.05, 3.63) is 18.2 Å². The van der Waals surface area contributed by atoms with Gasteiger partial charge in [-0.2, -0.15) is 0 Å². The first-order chi connectivity index (χ1) is 14.3. The molecule has 2 bridgehead atoms. The van der Waals surface area contributed by atoms with Crippen LogP contribution in [0.4, 0.5) is 10.5 Å². The van der Waals surface area contributed by atoms with E-state index in [2.05, 4.69) is 11.8 Å². The Hall–Kier alpha value is -2.16. The summed E-state index contributed by atoms with van der Waals surface area (Å²) in [5.74, 6) is 2.03. The molecule has 4 atom stereocenters. The van der Waals surface area contributed by atoms with Gasteiger partial charge in [0.1, 0.15) is 11.5 Å². The maximum Gasteiger partial charge on any atom is 0.320 e. The van der Waals surface area contributed by atoms with Gasteiger partial charge in [-0.05, 0) is 12.3 Å². The van der Waals surface area contributed by atoms with Gasteiger partial charge in [-0.25, -0.2) is 13.2 Å². The largest absolute Gasteiger partial charge is 0.497 e. The molecule has 164 valence electrons. The Balaban J connectivity index is 1.40. The molecule has 1 aliphatic carbocycles. The summed E-state index contributed by atoms with van der Waals surface area (Å²) >= 11 is 0. The summed E-state index contributed by atoms with van der Waals surface area (Å²) in [6.45, 7) is 4.50. The van der Waals surface area contributed by atoms with Gasteiger partial charge in [-0.3, -0.25) is 0 Å². The fourth-order valence-corrected chi connectivity index (χ4v) is 7.11. The van der Waals surface area contributed by atoms with Crippen molar-refractivity contribution >= 4 is 21.6 Å². The zero-order valence-electron chi connectivity index (χ0n) is 17.7. The van der Waals surface area contributed by atoms with E-state index < -0.39 is 9.84 Å².